The van der Waals surface area contributed by atoms with Gasteiger partial charge in [0.25, 0.3) is 0 Å². The van der Waals surface area contributed by atoms with E-state index in [1.807, 2.05) is 0 Å². The third kappa shape index (κ3) is 9.43. The van der Waals surface area contributed by atoms with Crippen LogP contribution in [-0.4, -0.2) is 49.7 Å². The summed E-state index contributed by atoms with van der Waals surface area (Å²) in [7, 11) is 1.39. The molecule has 45 heavy (non-hydrogen) atoms. The van der Waals surface area contributed by atoms with Gasteiger partial charge in [0.2, 0.25) is 13.6 Å². The molecule has 0 aliphatic rings. The van der Waals surface area contributed by atoms with E-state index in [4.69, 9.17) is 33.2 Å². The Hall–Kier alpha value is -5.62. The number of carbonyl (C=O) groups excluding carboxylic acids is 4. The van der Waals surface area contributed by atoms with Crippen molar-refractivity contribution in [3.8, 4) is 28.7 Å². The van der Waals surface area contributed by atoms with Crippen LogP contribution < -0.4 is 23.7 Å². The molecule has 1 N–H and O–H groups in total. The van der Waals surface area contributed by atoms with Crippen LogP contribution in [0.3, 0.4) is 0 Å². The van der Waals surface area contributed by atoms with E-state index >= 15 is 0 Å². The van der Waals surface area contributed by atoms with E-state index < -0.39 is 37.3 Å². The van der Waals surface area contributed by atoms with Gasteiger partial charge in [0.1, 0.15) is 17.2 Å². The van der Waals surface area contributed by atoms with E-state index in [1.54, 1.807) is 6.92 Å². The molecular weight excluding hydrogens is 588 g/mol. The Kier molecular flexibility index (Phi) is 11.8. The molecule has 0 atom stereocenters. The first-order valence-corrected chi connectivity index (χ1v) is 13.3. The second kappa shape index (κ2) is 15.7. The van der Waals surface area contributed by atoms with Crippen molar-refractivity contribution in [2.75, 3.05) is 20.7 Å². The predicted molar refractivity (Wildman–Crippen MR) is 159 cm³/mol. The average molecular weight is 621 g/mol. The minimum absolute atomic E-state index is 0.133. The van der Waals surface area contributed by atoms with E-state index in [2.05, 4.69) is 13.2 Å². The molecule has 3 aromatic carbocycles. The van der Waals surface area contributed by atoms with Gasteiger partial charge in [-0.3, -0.25) is 0 Å². The first-order chi connectivity index (χ1) is 21.4. The van der Waals surface area contributed by atoms with Crippen molar-refractivity contribution in [3.05, 3.63) is 101 Å². The highest BCUT2D eigenvalue weighted by atomic mass is 16.7. The molecule has 0 bridgehead atoms. The lowest BCUT2D eigenvalue weighted by Gasteiger charge is -2.13. The van der Waals surface area contributed by atoms with E-state index in [0.717, 1.165) is 0 Å². The number of aryl methyl sites for hydroxylation is 1. The maximum atomic E-state index is 12.8. The van der Waals surface area contributed by atoms with Gasteiger partial charge in [-0.25, -0.2) is 19.2 Å². The van der Waals surface area contributed by atoms with Crippen LogP contribution >= 0.6 is 0 Å². The fourth-order valence-electron chi connectivity index (χ4n) is 3.55. The Morgan fingerprint density at radius 1 is 0.689 bits per heavy atom. The van der Waals surface area contributed by atoms with Crippen LogP contribution in [0.25, 0.3) is 0 Å². The van der Waals surface area contributed by atoms with Gasteiger partial charge in [0.05, 0.1) is 24.8 Å². The van der Waals surface area contributed by atoms with Crippen LogP contribution in [0.5, 0.6) is 28.7 Å². The van der Waals surface area contributed by atoms with Gasteiger partial charge in [-0.05, 0) is 80.9 Å². The first kappa shape index (κ1) is 33.9. The summed E-state index contributed by atoms with van der Waals surface area (Å²) in [6, 6.07) is 13.0. The lowest BCUT2D eigenvalue weighted by atomic mass is 10.1. The van der Waals surface area contributed by atoms with Crippen LogP contribution in [0.2, 0.25) is 0 Å². The van der Waals surface area contributed by atoms with Gasteiger partial charge in [-0.15, -0.1) is 0 Å². The summed E-state index contributed by atoms with van der Waals surface area (Å²) in [5, 5.41) is 9.72. The van der Waals surface area contributed by atoms with E-state index in [9.17, 15) is 24.3 Å². The minimum atomic E-state index is -0.710. The minimum Gasteiger partial charge on any atom is -0.493 e. The molecule has 0 fully saturated rings. The summed E-state index contributed by atoms with van der Waals surface area (Å²) in [4.78, 5) is 48.7. The molecule has 0 amide bonds. The molecule has 0 spiro atoms. The largest absolute Gasteiger partial charge is 0.493 e. The van der Waals surface area contributed by atoms with Crippen molar-refractivity contribution in [1.82, 2.24) is 0 Å². The monoisotopic (exact) mass is 620 g/mol. The number of carbonyl (C=O) groups is 4. The number of rotatable bonds is 14. The second-order valence-corrected chi connectivity index (χ2v) is 9.50. The summed E-state index contributed by atoms with van der Waals surface area (Å²) in [5.74, 6) is -1.55. The average Bonchev–Trinajstić information content (AvgIpc) is 3.02. The van der Waals surface area contributed by atoms with Gasteiger partial charge < -0.3 is 38.3 Å². The maximum absolute atomic E-state index is 12.8. The van der Waals surface area contributed by atoms with Crippen molar-refractivity contribution in [1.29, 1.82) is 0 Å². The molecule has 236 valence electrons. The smallest absolute Gasteiger partial charge is 0.343 e. The maximum Gasteiger partial charge on any atom is 0.343 e. The summed E-state index contributed by atoms with van der Waals surface area (Å²) < 4.78 is 36.8. The predicted octanol–water partition coefficient (Wildman–Crippen LogP) is 4.85. The fourth-order valence-corrected chi connectivity index (χ4v) is 3.55. The number of aliphatic hydroxyl groups is 1. The molecular formula is C33H32O12. The zero-order chi connectivity index (χ0) is 33.1. The van der Waals surface area contributed by atoms with Crippen LogP contribution in [0.4, 0.5) is 0 Å². The van der Waals surface area contributed by atoms with Crippen LogP contribution in [-0.2, 0) is 25.7 Å². The number of esters is 4. The van der Waals surface area contributed by atoms with Crippen molar-refractivity contribution < 1.29 is 57.4 Å². The van der Waals surface area contributed by atoms with Gasteiger partial charge in [-0.2, -0.15) is 0 Å². The van der Waals surface area contributed by atoms with Crippen LogP contribution in [0.1, 0.15) is 45.7 Å². The topological polar surface area (TPSA) is 153 Å². The third-order valence-corrected chi connectivity index (χ3v) is 5.93. The lowest BCUT2D eigenvalue weighted by molar-refractivity contribution is -0.146. The molecule has 0 aliphatic carbocycles. The fraction of sp³-hybridized carbons (Fsp3) is 0.212. The third-order valence-electron chi connectivity index (χ3n) is 5.93. The molecule has 12 nitrogen and oxygen atoms in total. The quantitative estimate of drug-likeness (QED) is 0.113. The Bertz CT molecular complexity index is 1620. The molecule has 0 saturated carbocycles. The van der Waals surface area contributed by atoms with Crippen LogP contribution in [0.15, 0.2) is 78.9 Å². The highest BCUT2D eigenvalue weighted by molar-refractivity contribution is 5.93. The van der Waals surface area contributed by atoms with Crippen molar-refractivity contribution >= 4 is 23.9 Å². The molecule has 0 heterocycles. The number of benzene rings is 3. The summed E-state index contributed by atoms with van der Waals surface area (Å²) in [6.45, 7) is 10.4. The van der Waals surface area contributed by atoms with E-state index in [1.165, 1.54) is 75.6 Å². The molecule has 0 radical (unpaired) electrons. The zero-order valence-corrected chi connectivity index (χ0v) is 25.2. The number of hydrogen-bond acceptors (Lipinski definition) is 12. The molecule has 0 saturated heterocycles. The molecule has 12 heteroatoms. The zero-order valence-electron chi connectivity index (χ0n) is 25.2. The van der Waals surface area contributed by atoms with E-state index in [-0.39, 0.29) is 63.4 Å². The first-order valence-electron chi connectivity index (χ1n) is 13.3. The highest BCUT2D eigenvalue weighted by Crippen LogP contribution is 2.30. The second-order valence-electron chi connectivity index (χ2n) is 9.50. The Morgan fingerprint density at radius 2 is 1.22 bits per heavy atom. The number of methoxy groups -OCH3 is 1. The van der Waals surface area contributed by atoms with Gasteiger partial charge >= 0.3 is 23.9 Å². The molecule has 3 rings (SSSR count). The molecule has 3 aromatic rings. The standard InChI is InChI=1S/C33H32O12/c1-19(2)30(35)42-17-40-27-10-7-22(14-24(27)16-34)32(37)44-25-9-12-26(21(5)13-25)45-33(38)23-8-11-28(29(15-23)39-6)41-18-43-31(36)20(3)4/h7-15,34H,1,3,16-18H2,2,4-6H3. The van der Waals surface area contributed by atoms with E-state index in [0.29, 0.717) is 5.56 Å². The molecule has 0 aliphatic heterocycles. The highest BCUT2D eigenvalue weighted by Gasteiger charge is 2.17. The normalized spacial score (nSPS) is 10.2. The number of hydrogen-bond donors (Lipinski definition) is 1. The van der Waals surface area contributed by atoms with Crippen molar-refractivity contribution in [3.63, 3.8) is 0 Å². The Morgan fingerprint density at radius 3 is 1.78 bits per heavy atom. The SMILES string of the molecule is C=C(C)C(=O)OCOc1ccc(C(=O)Oc2ccc(OC(=O)c3ccc(OCOC(=O)C(=C)C)c(OC)c3)c(C)c2)cc1CO. The van der Waals surface area contributed by atoms with Gasteiger partial charge in [0.15, 0.2) is 11.5 Å². The molecule has 0 aromatic heterocycles. The number of ether oxygens (including phenoxy) is 7. The Balaban J connectivity index is 1.62. The summed E-state index contributed by atoms with van der Waals surface area (Å²) in [6.07, 6.45) is 0. The lowest BCUT2D eigenvalue weighted by Crippen LogP contribution is -2.13. The molecule has 0 unspecified atom stereocenters. The van der Waals surface area contributed by atoms with Crippen molar-refractivity contribution in [2.24, 2.45) is 0 Å². The summed E-state index contributed by atoms with van der Waals surface area (Å²) >= 11 is 0. The van der Waals surface area contributed by atoms with Gasteiger partial charge in [-0.1, -0.05) is 13.2 Å². The van der Waals surface area contributed by atoms with Crippen LogP contribution in [0, 0.1) is 6.92 Å². The van der Waals surface area contributed by atoms with Crippen molar-refractivity contribution in [2.45, 2.75) is 27.4 Å². The summed E-state index contributed by atoms with van der Waals surface area (Å²) in [5.41, 5.74) is 1.50. The number of aliphatic hydroxyl groups excluding tert-OH is 1. The van der Waals surface area contributed by atoms with Gasteiger partial charge in [0, 0.05) is 16.7 Å². The Labute approximate surface area is 259 Å².